The van der Waals surface area contributed by atoms with Crippen LogP contribution in [0.5, 0.6) is 5.75 Å². The fourth-order valence-electron chi connectivity index (χ4n) is 4.15. The van der Waals surface area contributed by atoms with Crippen molar-refractivity contribution in [1.29, 1.82) is 0 Å². The van der Waals surface area contributed by atoms with Crippen LogP contribution < -0.4 is 14.9 Å². The van der Waals surface area contributed by atoms with Gasteiger partial charge in [-0.25, -0.2) is 9.79 Å². The minimum Gasteiger partial charge on any atom is -0.508 e. The molecule has 35 heavy (non-hydrogen) atoms. The molecule has 1 atom stereocenters. The topological polar surface area (TPSA) is 110 Å². The monoisotopic (exact) mass is 486 g/mol. The molecule has 1 aliphatic rings. The number of carbonyl (C=O) groups is 1. The van der Waals surface area contributed by atoms with Crippen LogP contribution >= 0.6 is 11.3 Å². The Kier molecular flexibility index (Phi) is 5.92. The summed E-state index contributed by atoms with van der Waals surface area (Å²) in [4.78, 5) is 31.7. The number of aromatic amines is 1. The van der Waals surface area contributed by atoms with Crippen molar-refractivity contribution in [3.8, 4) is 17.0 Å². The Labute approximate surface area is 204 Å². The van der Waals surface area contributed by atoms with Gasteiger partial charge < -0.3 is 9.84 Å². The van der Waals surface area contributed by atoms with E-state index in [1.54, 1.807) is 38.3 Å². The number of phenols is 1. The highest BCUT2D eigenvalue weighted by molar-refractivity contribution is 7.07. The molecule has 0 bridgehead atoms. The van der Waals surface area contributed by atoms with Gasteiger partial charge in [-0.3, -0.25) is 14.5 Å². The van der Waals surface area contributed by atoms with Crippen molar-refractivity contribution in [3.05, 3.63) is 103 Å². The molecular weight excluding hydrogens is 464 g/mol. The Morgan fingerprint density at radius 1 is 1.20 bits per heavy atom. The van der Waals surface area contributed by atoms with Gasteiger partial charge in [0.25, 0.3) is 5.56 Å². The maximum atomic E-state index is 13.7. The Morgan fingerprint density at radius 2 is 1.94 bits per heavy atom. The van der Waals surface area contributed by atoms with E-state index in [2.05, 4.69) is 15.2 Å². The first-order valence-corrected chi connectivity index (χ1v) is 11.9. The zero-order valence-electron chi connectivity index (χ0n) is 19.1. The predicted octanol–water partition coefficient (Wildman–Crippen LogP) is 2.89. The van der Waals surface area contributed by atoms with Crippen LogP contribution in [0.25, 0.3) is 17.3 Å². The Hall–Kier alpha value is -4.24. The lowest BCUT2D eigenvalue weighted by Crippen LogP contribution is -2.39. The Bertz CT molecular complexity index is 1610. The van der Waals surface area contributed by atoms with Crippen LogP contribution in [0, 0.1) is 0 Å². The van der Waals surface area contributed by atoms with Crippen molar-refractivity contribution < 1.29 is 14.6 Å². The average Bonchev–Trinajstić information content (AvgIpc) is 3.44. The molecule has 0 saturated carbocycles. The molecule has 2 N–H and O–H groups in total. The van der Waals surface area contributed by atoms with Gasteiger partial charge in [-0.1, -0.05) is 53.8 Å². The van der Waals surface area contributed by atoms with Gasteiger partial charge in [0.2, 0.25) is 0 Å². The number of nitrogens with one attached hydrogen (secondary N) is 1. The van der Waals surface area contributed by atoms with E-state index >= 15 is 0 Å². The molecule has 9 heteroatoms. The van der Waals surface area contributed by atoms with E-state index in [0.717, 1.165) is 16.8 Å². The summed E-state index contributed by atoms with van der Waals surface area (Å²) in [5, 5.41) is 17.0. The Morgan fingerprint density at radius 3 is 2.66 bits per heavy atom. The third-order valence-corrected chi connectivity index (χ3v) is 6.73. The molecule has 0 unspecified atom stereocenters. The molecule has 0 saturated heterocycles. The van der Waals surface area contributed by atoms with E-state index in [1.165, 1.54) is 28.0 Å². The maximum absolute atomic E-state index is 13.7. The number of aromatic nitrogens is 3. The van der Waals surface area contributed by atoms with E-state index in [9.17, 15) is 14.7 Å². The fraction of sp³-hybridized carbons (Fsp3) is 0.154. The summed E-state index contributed by atoms with van der Waals surface area (Å²) in [5.41, 5.74) is 3.69. The highest BCUT2D eigenvalue weighted by Crippen LogP contribution is 2.31. The average molecular weight is 487 g/mol. The van der Waals surface area contributed by atoms with Crippen LogP contribution in [-0.4, -0.2) is 32.4 Å². The second-order valence-electron chi connectivity index (χ2n) is 7.96. The smallest absolute Gasteiger partial charge is 0.338 e. The maximum Gasteiger partial charge on any atom is 0.338 e. The molecule has 0 spiro atoms. The predicted molar refractivity (Wildman–Crippen MR) is 133 cm³/mol. The largest absolute Gasteiger partial charge is 0.508 e. The van der Waals surface area contributed by atoms with Gasteiger partial charge in [-0.15, -0.1) is 0 Å². The molecule has 4 aromatic rings. The highest BCUT2D eigenvalue weighted by Gasteiger charge is 2.33. The lowest BCUT2D eigenvalue weighted by atomic mass is 9.96. The summed E-state index contributed by atoms with van der Waals surface area (Å²) in [5.74, 6) is -0.435. The summed E-state index contributed by atoms with van der Waals surface area (Å²) in [6.45, 7) is 3.67. The minimum absolute atomic E-state index is 0.0907. The van der Waals surface area contributed by atoms with Crippen molar-refractivity contribution >= 4 is 23.4 Å². The zero-order valence-corrected chi connectivity index (χ0v) is 19.9. The van der Waals surface area contributed by atoms with E-state index < -0.39 is 12.0 Å². The molecule has 2 aromatic heterocycles. The van der Waals surface area contributed by atoms with E-state index in [1.807, 2.05) is 30.3 Å². The number of fused-ring (bicyclic) bond motifs is 1. The van der Waals surface area contributed by atoms with Crippen molar-refractivity contribution in [1.82, 2.24) is 14.8 Å². The molecule has 0 radical (unpaired) electrons. The molecule has 0 fully saturated rings. The number of thiazole rings is 1. The standard InChI is InChI=1S/C26H22N4O4S/c1-3-34-25(33)21-15(2)28-26-30(23(21)17-9-11-19(31)12-10-17)24(32)20(35-26)13-18-14-27-29-22(18)16-7-5-4-6-8-16/h4-14,23,31H,3H2,1-2H3,(H,27,29)/t23-/m0/s1. The number of ether oxygens (including phenoxy) is 1. The molecule has 176 valence electrons. The summed E-state index contributed by atoms with van der Waals surface area (Å²) in [7, 11) is 0. The van der Waals surface area contributed by atoms with Gasteiger partial charge in [0.1, 0.15) is 5.75 Å². The number of rotatable bonds is 5. The van der Waals surface area contributed by atoms with Crippen LogP contribution in [-0.2, 0) is 9.53 Å². The van der Waals surface area contributed by atoms with Gasteiger partial charge in [0, 0.05) is 11.1 Å². The van der Waals surface area contributed by atoms with Gasteiger partial charge in [0.15, 0.2) is 4.80 Å². The van der Waals surface area contributed by atoms with Gasteiger partial charge >= 0.3 is 5.97 Å². The number of H-pyrrole nitrogens is 1. The SMILES string of the molecule is CCOC(=O)C1=C(C)N=c2sc(=Cc3cn[nH]c3-c3ccccc3)c(=O)n2[C@H]1c1ccc(O)cc1. The number of aromatic hydroxyl groups is 1. The first kappa shape index (κ1) is 22.5. The molecule has 5 rings (SSSR count). The summed E-state index contributed by atoms with van der Waals surface area (Å²) in [6, 6.07) is 15.4. The van der Waals surface area contributed by atoms with E-state index in [0.29, 0.717) is 26.2 Å². The summed E-state index contributed by atoms with van der Waals surface area (Å²) < 4.78 is 7.28. The van der Waals surface area contributed by atoms with Crippen LogP contribution in [0.1, 0.15) is 31.0 Å². The van der Waals surface area contributed by atoms with E-state index in [4.69, 9.17) is 4.74 Å². The molecule has 1 aliphatic heterocycles. The molecular formula is C26H22N4O4S. The first-order chi connectivity index (χ1) is 17.0. The number of hydrogen-bond acceptors (Lipinski definition) is 7. The van der Waals surface area contributed by atoms with Crippen molar-refractivity contribution in [2.75, 3.05) is 6.61 Å². The van der Waals surface area contributed by atoms with Gasteiger partial charge in [-0.05, 0) is 37.6 Å². The van der Waals surface area contributed by atoms with Crippen LogP contribution in [0.2, 0.25) is 0 Å². The number of carbonyl (C=O) groups excluding carboxylic acids is 1. The number of phenolic OH excluding ortho intramolecular Hbond substituents is 1. The number of benzene rings is 2. The van der Waals surface area contributed by atoms with Crippen molar-refractivity contribution in [3.63, 3.8) is 0 Å². The minimum atomic E-state index is -0.731. The molecule has 2 aromatic carbocycles. The van der Waals surface area contributed by atoms with Crippen molar-refractivity contribution in [2.24, 2.45) is 4.99 Å². The van der Waals surface area contributed by atoms with Crippen LogP contribution in [0.4, 0.5) is 0 Å². The third-order valence-electron chi connectivity index (χ3n) is 5.74. The summed E-state index contributed by atoms with van der Waals surface area (Å²) >= 11 is 1.25. The third kappa shape index (κ3) is 4.10. The normalized spacial score (nSPS) is 15.6. The lowest BCUT2D eigenvalue weighted by molar-refractivity contribution is -0.139. The second-order valence-corrected chi connectivity index (χ2v) is 8.97. The number of nitrogens with zero attached hydrogens (tertiary/aromatic N) is 3. The second kappa shape index (κ2) is 9.19. The number of allylic oxidation sites excluding steroid dienone is 1. The van der Waals surface area contributed by atoms with Crippen molar-refractivity contribution in [2.45, 2.75) is 19.9 Å². The number of hydrogen-bond donors (Lipinski definition) is 2. The molecule has 0 aliphatic carbocycles. The molecule has 8 nitrogen and oxygen atoms in total. The number of esters is 1. The quantitative estimate of drug-likeness (QED) is 0.422. The summed E-state index contributed by atoms with van der Waals surface area (Å²) in [6.07, 6.45) is 3.46. The first-order valence-electron chi connectivity index (χ1n) is 11.0. The highest BCUT2D eigenvalue weighted by atomic mass is 32.1. The van der Waals surface area contributed by atoms with Gasteiger partial charge in [-0.2, -0.15) is 5.10 Å². The Balaban J connectivity index is 1.70. The van der Waals surface area contributed by atoms with Gasteiger partial charge in [0.05, 0.1) is 40.3 Å². The lowest BCUT2D eigenvalue weighted by Gasteiger charge is -2.24. The van der Waals surface area contributed by atoms with Crippen LogP contribution in [0.15, 0.2) is 81.9 Å². The zero-order chi connectivity index (χ0) is 24.5. The van der Waals surface area contributed by atoms with Crippen LogP contribution in [0.3, 0.4) is 0 Å². The molecule has 0 amide bonds. The fourth-order valence-corrected chi connectivity index (χ4v) is 5.18. The van der Waals surface area contributed by atoms with E-state index in [-0.39, 0.29) is 17.9 Å². The molecule has 3 heterocycles.